The highest BCUT2D eigenvalue weighted by Crippen LogP contribution is 2.27. The summed E-state index contributed by atoms with van der Waals surface area (Å²) in [4.78, 5) is 16.7. The first-order valence-electron chi connectivity index (χ1n) is 8.10. The summed E-state index contributed by atoms with van der Waals surface area (Å²) in [6.45, 7) is 4.41. The Balaban J connectivity index is 0.00000364. The predicted octanol–water partition coefficient (Wildman–Crippen LogP) is 1.81. The van der Waals surface area contributed by atoms with E-state index in [1.54, 1.807) is 33.0 Å². The minimum atomic E-state index is -3.14. The number of rotatable bonds is 4. The van der Waals surface area contributed by atoms with Gasteiger partial charge in [-0.3, -0.25) is 15.1 Å². The van der Waals surface area contributed by atoms with Crippen LogP contribution in [0.3, 0.4) is 0 Å². The van der Waals surface area contributed by atoms with E-state index >= 15 is 0 Å². The van der Waals surface area contributed by atoms with Gasteiger partial charge in [0.1, 0.15) is 0 Å². The third kappa shape index (κ3) is 5.21. The number of ether oxygens (including phenoxy) is 1. The number of nitro groups is 1. The van der Waals surface area contributed by atoms with Gasteiger partial charge in [-0.05, 0) is 25.5 Å². The van der Waals surface area contributed by atoms with Gasteiger partial charge in [0.15, 0.2) is 21.5 Å². The van der Waals surface area contributed by atoms with Crippen molar-refractivity contribution < 1.29 is 18.1 Å². The lowest BCUT2D eigenvalue weighted by molar-refractivity contribution is -0.385. The average Bonchev–Trinajstić information content (AvgIpc) is 2.58. The Labute approximate surface area is 176 Å². The zero-order valence-electron chi connectivity index (χ0n) is 15.8. The number of benzene rings is 1. The smallest absolute Gasteiger partial charge is 0.311 e. The molecule has 0 aliphatic carbocycles. The number of methoxy groups -OCH3 is 1. The molecular formula is C16H25IN4O5S. The Morgan fingerprint density at radius 2 is 2.11 bits per heavy atom. The number of sulfone groups is 1. The van der Waals surface area contributed by atoms with Crippen LogP contribution in [0.4, 0.5) is 5.69 Å². The van der Waals surface area contributed by atoms with Crippen LogP contribution in [-0.2, 0) is 16.4 Å². The van der Waals surface area contributed by atoms with Crippen LogP contribution in [0.25, 0.3) is 0 Å². The van der Waals surface area contributed by atoms with Gasteiger partial charge in [0.05, 0.1) is 22.5 Å². The van der Waals surface area contributed by atoms with Crippen LogP contribution in [0, 0.1) is 10.1 Å². The van der Waals surface area contributed by atoms with Gasteiger partial charge in [-0.15, -0.1) is 24.0 Å². The number of nitro benzene ring substituents is 1. The molecular weight excluding hydrogens is 487 g/mol. The van der Waals surface area contributed by atoms with E-state index in [1.807, 2.05) is 4.90 Å². The summed E-state index contributed by atoms with van der Waals surface area (Å²) in [5, 5.41) is 14.3. The number of hydrogen-bond donors (Lipinski definition) is 1. The molecule has 0 spiro atoms. The van der Waals surface area contributed by atoms with Gasteiger partial charge in [0.25, 0.3) is 0 Å². The Morgan fingerprint density at radius 3 is 2.63 bits per heavy atom. The third-order valence-corrected chi connectivity index (χ3v) is 6.98. The van der Waals surface area contributed by atoms with Gasteiger partial charge >= 0.3 is 5.69 Å². The van der Waals surface area contributed by atoms with Crippen molar-refractivity contribution in [3.8, 4) is 5.75 Å². The maximum Gasteiger partial charge on any atom is 0.311 e. The van der Waals surface area contributed by atoms with E-state index in [4.69, 9.17) is 4.74 Å². The fourth-order valence-electron chi connectivity index (χ4n) is 2.83. The molecule has 1 N–H and O–H groups in total. The third-order valence-electron chi connectivity index (χ3n) is 4.45. The zero-order chi connectivity index (χ0) is 19.5. The van der Waals surface area contributed by atoms with E-state index in [-0.39, 0.29) is 41.2 Å². The molecule has 152 valence electrons. The maximum atomic E-state index is 12.1. The number of aliphatic imine (C=N–C) groups is 1. The van der Waals surface area contributed by atoms with E-state index in [0.717, 1.165) is 0 Å². The van der Waals surface area contributed by atoms with Crippen molar-refractivity contribution in [1.29, 1.82) is 0 Å². The highest BCUT2D eigenvalue weighted by molar-refractivity contribution is 14.0. The molecule has 2 rings (SSSR count). The summed E-state index contributed by atoms with van der Waals surface area (Å²) in [5.41, 5.74) is 0.592. The normalized spacial score (nSPS) is 18.4. The highest BCUT2D eigenvalue weighted by atomic mass is 127. The van der Waals surface area contributed by atoms with Gasteiger partial charge in [0.2, 0.25) is 0 Å². The van der Waals surface area contributed by atoms with Crippen LogP contribution in [0.5, 0.6) is 5.75 Å². The second-order valence-electron chi connectivity index (χ2n) is 6.66. The minimum Gasteiger partial charge on any atom is -0.490 e. The largest absolute Gasteiger partial charge is 0.490 e. The summed E-state index contributed by atoms with van der Waals surface area (Å²) in [7, 11) is -0.136. The van der Waals surface area contributed by atoms with Crippen molar-refractivity contribution in [1.82, 2.24) is 10.2 Å². The molecule has 1 saturated heterocycles. The number of guanidine groups is 1. The van der Waals surface area contributed by atoms with Gasteiger partial charge in [-0.1, -0.05) is 6.07 Å². The SMILES string of the molecule is CN=C(NCc1ccc(OC)c([N+](=O)[O-])c1)N1CCS(=O)(=O)C(C)(C)C1.I. The van der Waals surface area contributed by atoms with Gasteiger partial charge in [0, 0.05) is 32.7 Å². The monoisotopic (exact) mass is 512 g/mol. The molecule has 0 aromatic heterocycles. The molecule has 1 aromatic carbocycles. The lowest BCUT2D eigenvalue weighted by Crippen LogP contribution is -2.57. The minimum absolute atomic E-state index is 0. The maximum absolute atomic E-state index is 12.1. The molecule has 1 heterocycles. The standard InChI is InChI=1S/C16H24N4O5S.HI/c1-16(2)11-19(7-8-26(16,23)24)15(17-3)18-10-12-5-6-14(25-4)13(9-12)20(21)22;/h5-6,9H,7-8,10-11H2,1-4H3,(H,17,18);1H. The van der Waals surface area contributed by atoms with Gasteiger partial charge in [-0.2, -0.15) is 0 Å². The van der Waals surface area contributed by atoms with Gasteiger partial charge < -0.3 is 15.0 Å². The molecule has 0 bridgehead atoms. The summed E-state index contributed by atoms with van der Waals surface area (Å²) < 4.78 is 28.4. The van der Waals surface area contributed by atoms with E-state index in [0.29, 0.717) is 31.2 Å². The number of hydrogen-bond acceptors (Lipinski definition) is 6. The number of nitrogens with one attached hydrogen (secondary N) is 1. The van der Waals surface area contributed by atoms with Crippen molar-refractivity contribution in [3.63, 3.8) is 0 Å². The zero-order valence-corrected chi connectivity index (χ0v) is 18.9. The van der Waals surface area contributed by atoms with E-state index in [2.05, 4.69) is 10.3 Å². The Morgan fingerprint density at radius 1 is 1.44 bits per heavy atom. The van der Waals surface area contributed by atoms with E-state index in [9.17, 15) is 18.5 Å². The van der Waals surface area contributed by atoms with Crippen LogP contribution in [-0.4, -0.2) is 61.9 Å². The first kappa shape index (κ1) is 23.4. The molecule has 27 heavy (non-hydrogen) atoms. The van der Waals surface area contributed by atoms with Crippen molar-refractivity contribution in [2.24, 2.45) is 4.99 Å². The molecule has 1 aliphatic heterocycles. The van der Waals surface area contributed by atoms with Crippen LogP contribution in [0.1, 0.15) is 19.4 Å². The first-order chi connectivity index (χ1) is 12.1. The summed E-state index contributed by atoms with van der Waals surface area (Å²) in [6.07, 6.45) is 0. The van der Waals surface area contributed by atoms with Gasteiger partial charge in [-0.25, -0.2) is 8.42 Å². The second kappa shape index (κ2) is 9.04. The van der Waals surface area contributed by atoms with Crippen LogP contribution >= 0.6 is 24.0 Å². The summed E-state index contributed by atoms with van der Waals surface area (Å²) >= 11 is 0. The molecule has 0 unspecified atom stereocenters. The van der Waals surface area contributed by atoms with E-state index < -0.39 is 19.5 Å². The second-order valence-corrected chi connectivity index (χ2v) is 9.41. The molecule has 9 nitrogen and oxygen atoms in total. The molecule has 1 aromatic rings. The van der Waals surface area contributed by atoms with Crippen LogP contribution < -0.4 is 10.1 Å². The lowest BCUT2D eigenvalue weighted by atomic mass is 10.2. The van der Waals surface area contributed by atoms with Crippen LogP contribution in [0.15, 0.2) is 23.2 Å². The number of nitrogens with zero attached hydrogens (tertiary/aromatic N) is 3. The van der Waals surface area contributed by atoms with E-state index in [1.165, 1.54) is 13.2 Å². The Bertz CT molecular complexity index is 826. The fraction of sp³-hybridized carbons (Fsp3) is 0.562. The molecule has 1 aliphatic rings. The molecule has 0 amide bonds. The lowest BCUT2D eigenvalue weighted by Gasteiger charge is -2.39. The fourth-order valence-corrected chi connectivity index (χ4v) is 4.19. The summed E-state index contributed by atoms with van der Waals surface area (Å²) in [5.74, 6) is 0.826. The molecule has 0 saturated carbocycles. The molecule has 11 heteroatoms. The van der Waals surface area contributed by atoms with Crippen molar-refractivity contribution in [2.75, 3.05) is 33.0 Å². The molecule has 1 fully saturated rings. The predicted molar refractivity (Wildman–Crippen MR) is 115 cm³/mol. The van der Waals surface area contributed by atoms with Crippen LogP contribution in [0.2, 0.25) is 0 Å². The first-order valence-corrected chi connectivity index (χ1v) is 9.76. The topological polar surface area (TPSA) is 114 Å². The van der Waals surface area contributed by atoms with Crippen molar-refractivity contribution in [3.05, 3.63) is 33.9 Å². The Kier molecular flexibility index (Phi) is 7.84. The van der Waals surface area contributed by atoms with Crippen molar-refractivity contribution >= 4 is 45.5 Å². The number of halogens is 1. The quantitative estimate of drug-likeness (QED) is 0.215. The molecule has 0 atom stereocenters. The molecule has 0 radical (unpaired) electrons. The Hall–Kier alpha value is -1.63. The van der Waals surface area contributed by atoms with Crippen molar-refractivity contribution in [2.45, 2.75) is 25.1 Å². The summed E-state index contributed by atoms with van der Waals surface area (Å²) in [6, 6.07) is 4.73. The highest BCUT2D eigenvalue weighted by Gasteiger charge is 2.40. The average molecular weight is 512 g/mol.